The lowest BCUT2D eigenvalue weighted by Gasteiger charge is -2.32. The second-order valence-corrected chi connectivity index (χ2v) is 6.22. The topological polar surface area (TPSA) is 88.4 Å². The summed E-state index contributed by atoms with van der Waals surface area (Å²) in [4.78, 5) is 24.7. The molecule has 0 unspecified atom stereocenters. The first-order valence-corrected chi connectivity index (χ1v) is 8.67. The van der Waals surface area contributed by atoms with Crippen LogP contribution < -0.4 is 10.1 Å². The molecule has 1 aliphatic carbocycles. The third kappa shape index (κ3) is 4.72. The molecule has 1 amide bonds. The Morgan fingerprint density at radius 2 is 1.96 bits per heavy atom. The molecule has 2 rings (SSSR count). The van der Waals surface area contributed by atoms with Crippen molar-refractivity contribution in [2.45, 2.75) is 57.6 Å². The van der Waals surface area contributed by atoms with Gasteiger partial charge in [-0.1, -0.05) is 31.4 Å². The van der Waals surface area contributed by atoms with E-state index in [9.17, 15) is 14.9 Å². The number of hydrogen-bond acceptors (Lipinski definition) is 5. The van der Waals surface area contributed by atoms with E-state index in [2.05, 4.69) is 11.4 Å². The summed E-state index contributed by atoms with van der Waals surface area (Å²) in [7, 11) is 0. The van der Waals surface area contributed by atoms with Gasteiger partial charge in [0.05, 0.1) is 12.7 Å². The lowest BCUT2D eigenvalue weighted by molar-refractivity contribution is -0.130. The van der Waals surface area contributed by atoms with Gasteiger partial charge in [0.1, 0.15) is 16.9 Å². The number of esters is 1. The van der Waals surface area contributed by atoms with Gasteiger partial charge in [-0.25, -0.2) is 4.79 Å². The molecule has 1 fully saturated rings. The molecular weight excluding hydrogens is 320 g/mol. The van der Waals surface area contributed by atoms with Gasteiger partial charge < -0.3 is 14.8 Å². The maximum absolute atomic E-state index is 12.4. The molecule has 1 aromatic rings. The van der Waals surface area contributed by atoms with Crippen LogP contribution in [-0.2, 0) is 9.53 Å². The number of carbonyl (C=O) groups excluding carboxylic acids is 2. The van der Waals surface area contributed by atoms with Crippen molar-refractivity contribution in [3.05, 3.63) is 29.8 Å². The summed E-state index contributed by atoms with van der Waals surface area (Å²) in [6.07, 6.45) is 3.15. The fourth-order valence-electron chi connectivity index (χ4n) is 2.95. The predicted octanol–water partition coefficient (Wildman–Crippen LogP) is 2.97. The number of carbonyl (C=O) groups is 2. The number of nitriles is 1. The number of hydrogen-bond donors (Lipinski definition) is 1. The number of amides is 1. The van der Waals surface area contributed by atoms with Crippen LogP contribution in [0.25, 0.3) is 0 Å². The standard InChI is InChI=1S/C19H24N2O4/c1-3-24-16-10-6-5-9-15(16)18(23)25-14(2)17(22)21-19(13-20)11-7-4-8-12-19/h5-6,9-10,14H,3-4,7-8,11-12H2,1-2H3,(H,21,22)/t14-/m1/s1. The van der Waals surface area contributed by atoms with E-state index in [1.54, 1.807) is 24.3 Å². The molecule has 0 radical (unpaired) electrons. The Hall–Kier alpha value is -2.55. The Bertz CT molecular complexity index is 660. The molecule has 1 atom stereocenters. The molecule has 1 saturated carbocycles. The zero-order chi connectivity index (χ0) is 18.3. The van der Waals surface area contributed by atoms with Crippen LogP contribution in [0.5, 0.6) is 5.75 Å². The fourth-order valence-corrected chi connectivity index (χ4v) is 2.95. The molecule has 0 aromatic heterocycles. The minimum atomic E-state index is -0.991. The van der Waals surface area contributed by atoms with Gasteiger partial charge in [-0.2, -0.15) is 5.26 Å². The molecule has 1 N–H and O–H groups in total. The van der Waals surface area contributed by atoms with Crippen LogP contribution in [-0.4, -0.2) is 30.1 Å². The summed E-state index contributed by atoms with van der Waals surface area (Å²) >= 11 is 0. The average Bonchev–Trinajstić information content (AvgIpc) is 2.63. The minimum absolute atomic E-state index is 0.275. The van der Waals surface area contributed by atoms with Crippen molar-refractivity contribution in [3.8, 4) is 11.8 Å². The third-order valence-electron chi connectivity index (χ3n) is 4.34. The van der Waals surface area contributed by atoms with Gasteiger partial charge in [-0.05, 0) is 38.8 Å². The van der Waals surface area contributed by atoms with E-state index in [4.69, 9.17) is 9.47 Å². The molecule has 1 aliphatic rings. The maximum atomic E-state index is 12.4. The second kappa shape index (κ2) is 8.52. The highest BCUT2D eigenvalue weighted by Gasteiger charge is 2.35. The summed E-state index contributed by atoms with van der Waals surface area (Å²) in [6.45, 7) is 3.75. The highest BCUT2D eigenvalue weighted by Crippen LogP contribution is 2.27. The largest absolute Gasteiger partial charge is 0.493 e. The zero-order valence-corrected chi connectivity index (χ0v) is 14.7. The van der Waals surface area contributed by atoms with Crippen LogP contribution in [0, 0.1) is 11.3 Å². The van der Waals surface area contributed by atoms with E-state index in [-0.39, 0.29) is 5.56 Å². The Balaban J connectivity index is 2.01. The average molecular weight is 344 g/mol. The van der Waals surface area contributed by atoms with Crippen molar-refractivity contribution in [1.29, 1.82) is 5.26 Å². The maximum Gasteiger partial charge on any atom is 0.342 e. The molecule has 1 aromatic carbocycles. The highest BCUT2D eigenvalue weighted by atomic mass is 16.5. The first-order valence-electron chi connectivity index (χ1n) is 8.67. The molecule has 0 saturated heterocycles. The van der Waals surface area contributed by atoms with Crippen LogP contribution in [0.4, 0.5) is 0 Å². The summed E-state index contributed by atoms with van der Waals surface area (Å²) in [6, 6.07) is 8.96. The van der Waals surface area contributed by atoms with Crippen molar-refractivity contribution in [2.75, 3.05) is 6.61 Å². The lowest BCUT2D eigenvalue weighted by Crippen LogP contribution is -2.52. The van der Waals surface area contributed by atoms with Crippen LogP contribution in [0.15, 0.2) is 24.3 Å². The molecule has 134 valence electrons. The van der Waals surface area contributed by atoms with E-state index in [1.807, 2.05) is 6.92 Å². The Morgan fingerprint density at radius 3 is 2.60 bits per heavy atom. The quantitative estimate of drug-likeness (QED) is 0.802. The van der Waals surface area contributed by atoms with Crippen molar-refractivity contribution in [2.24, 2.45) is 0 Å². The molecule has 25 heavy (non-hydrogen) atoms. The zero-order valence-electron chi connectivity index (χ0n) is 14.7. The summed E-state index contributed by atoms with van der Waals surface area (Å²) < 4.78 is 10.7. The minimum Gasteiger partial charge on any atom is -0.493 e. The monoisotopic (exact) mass is 344 g/mol. The first kappa shape index (κ1) is 18.8. The van der Waals surface area contributed by atoms with Gasteiger partial charge in [0.15, 0.2) is 6.10 Å². The molecule has 0 bridgehead atoms. The number of para-hydroxylation sites is 1. The second-order valence-electron chi connectivity index (χ2n) is 6.22. The third-order valence-corrected chi connectivity index (χ3v) is 4.34. The summed E-state index contributed by atoms with van der Waals surface area (Å²) in [5.41, 5.74) is -0.573. The molecule has 0 heterocycles. The van der Waals surface area contributed by atoms with Gasteiger partial charge in [0, 0.05) is 0 Å². The molecular formula is C19H24N2O4. The van der Waals surface area contributed by atoms with Crippen LogP contribution in [0.3, 0.4) is 0 Å². The number of nitrogens with zero attached hydrogens (tertiary/aromatic N) is 1. The Morgan fingerprint density at radius 1 is 1.28 bits per heavy atom. The van der Waals surface area contributed by atoms with E-state index in [0.29, 0.717) is 25.2 Å². The summed E-state index contributed by atoms with van der Waals surface area (Å²) in [5.74, 6) is -0.657. The summed E-state index contributed by atoms with van der Waals surface area (Å²) in [5, 5.41) is 12.2. The number of ether oxygens (including phenoxy) is 2. The van der Waals surface area contributed by atoms with Gasteiger partial charge in [-0.3, -0.25) is 4.79 Å². The van der Waals surface area contributed by atoms with E-state index < -0.39 is 23.5 Å². The number of rotatable bonds is 6. The van der Waals surface area contributed by atoms with E-state index in [1.165, 1.54) is 6.92 Å². The molecule has 6 heteroatoms. The van der Waals surface area contributed by atoms with Gasteiger partial charge >= 0.3 is 5.97 Å². The predicted molar refractivity (Wildman–Crippen MR) is 92.1 cm³/mol. The van der Waals surface area contributed by atoms with Crippen molar-refractivity contribution in [3.63, 3.8) is 0 Å². The van der Waals surface area contributed by atoms with Crippen LogP contribution >= 0.6 is 0 Å². The van der Waals surface area contributed by atoms with E-state index >= 15 is 0 Å². The highest BCUT2D eigenvalue weighted by molar-refractivity contribution is 5.94. The number of nitrogens with one attached hydrogen (secondary N) is 1. The molecule has 6 nitrogen and oxygen atoms in total. The Labute approximate surface area is 148 Å². The van der Waals surface area contributed by atoms with Gasteiger partial charge in [0.25, 0.3) is 5.91 Å². The normalized spacial score (nSPS) is 17.0. The van der Waals surface area contributed by atoms with Crippen LogP contribution in [0.1, 0.15) is 56.3 Å². The molecule has 0 spiro atoms. The SMILES string of the molecule is CCOc1ccccc1C(=O)O[C@H](C)C(=O)NC1(C#N)CCCCC1. The van der Waals surface area contributed by atoms with E-state index in [0.717, 1.165) is 19.3 Å². The number of benzene rings is 1. The van der Waals surface area contributed by atoms with Crippen molar-refractivity contribution in [1.82, 2.24) is 5.32 Å². The van der Waals surface area contributed by atoms with Gasteiger partial charge in [-0.15, -0.1) is 0 Å². The van der Waals surface area contributed by atoms with Gasteiger partial charge in [0.2, 0.25) is 0 Å². The Kier molecular flexibility index (Phi) is 6.40. The van der Waals surface area contributed by atoms with Crippen molar-refractivity contribution >= 4 is 11.9 Å². The lowest BCUT2D eigenvalue weighted by atomic mass is 9.83. The fraction of sp³-hybridized carbons (Fsp3) is 0.526. The van der Waals surface area contributed by atoms with Crippen LogP contribution in [0.2, 0.25) is 0 Å². The smallest absolute Gasteiger partial charge is 0.342 e. The first-order chi connectivity index (χ1) is 12.0. The van der Waals surface area contributed by atoms with Crippen molar-refractivity contribution < 1.29 is 19.1 Å². The molecule has 0 aliphatic heterocycles.